The third-order valence-corrected chi connectivity index (χ3v) is 6.36. The van der Waals surface area contributed by atoms with Gasteiger partial charge in [-0.3, -0.25) is 0 Å². The van der Waals surface area contributed by atoms with Crippen molar-refractivity contribution in [2.45, 2.75) is 25.2 Å². The van der Waals surface area contributed by atoms with Gasteiger partial charge in [0.25, 0.3) is 0 Å². The predicted molar refractivity (Wildman–Crippen MR) is 124 cm³/mol. The summed E-state index contributed by atoms with van der Waals surface area (Å²) in [4.78, 5) is 0. The molecule has 0 aromatic heterocycles. The summed E-state index contributed by atoms with van der Waals surface area (Å²) in [5.41, 5.74) is 13.1. The van der Waals surface area contributed by atoms with E-state index in [0.29, 0.717) is 0 Å². The van der Waals surface area contributed by atoms with E-state index >= 15 is 0 Å². The molecule has 1 nitrogen and oxygen atoms in total. The lowest BCUT2D eigenvalue weighted by molar-refractivity contribution is 0.633. The Morgan fingerprint density at radius 1 is 0.714 bits per heavy atom. The second-order valence-corrected chi connectivity index (χ2v) is 8.37. The lowest BCUT2D eigenvalue weighted by atomic mass is 9.68. The molecule has 0 spiro atoms. The van der Waals surface area contributed by atoms with Gasteiger partial charge in [-0.25, -0.2) is 0 Å². The van der Waals surface area contributed by atoms with E-state index in [0.717, 1.165) is 18.5 Å². The Kier molecular flexibility index (Phi) is 5.20. The Morgan fingerprint density at radius 2 is 1.29 bits per heavy atom. The molecule has 3 aromatic carbocycles. The van der Waals surface area contributed by atoms with E-state index in [1.54, 1.807) is 0 Å². The zero-order chi connectivity index (χ0) is 19.6. The molecule has 2 N–H and O–H groups in total. The fraction of sp³-hybridized carbons (Fsp3) is 0.154. The van der Waals surface area contributed by atoms with Gasteiger partial charge < -0.3 is 5.73 Å². The molecule has 2 atom stereocenters. The Balaban J connectivity index is 1.81. The highest BCUT2D eigenvalue weighted by Gasteiger charge is 2.33. The van der Waals surface area contributed by atoms with Crippen molar-refractivity contribution < 1.29 is 0 Å². The van der Waals surface area contributed by atoms with Crippen molar-refractivity contribution in [3.63, 3.8) is 0 Å². The van der Waals surface area contributed by atoms with Gasteiger partial charge in [0, 0.05) is 11.1 Å². The number of hydrogen-bond donors (Lipinski definition) is 1. The first kappa shape index (κ1) is 18.7. The van der Waals surface area contributed by atoms with Crippen molar-refractivity contribution in [2.75, 3.05) is 5.73 Å². The van der Waals surface area contributed by atoms with Crippen molar-refractivity contribution in [2.24, 2.45) is 0 Å². The van der Waals surface area contributed by atoms with E-state index < -0.39 is 0 Å². The van der Waals surface area contributed by atoms with Crippen molar-refractivity contribution in [3.05, 3.63) is 113 Å². The van der Waals surface area contributed by atoms with Crippen LogP contribution in [0, 0.1) is 0 Å². The molecular formula is C26H26NP. The van der Waals surface area contributed by atoms with E-state index in [4.69, 9.17) is 5.73 Å². The van der Waals surface area contributed by atoms with Crippen LogP contribution >= 0.6 is 9.24 Å². The monoisotopic (exact) mass is 383 g/mol. The number of allylic oxidation sites excluding steroid dienone is 4. The molecular weight excluding hydrogens is 357 g/mol. The van der Waals surface area contributed by atoms with Crippen molar-refractivity contribution in [3.8, 4) is 11.1 Å². The summed E-state index contributed by atoms with van der Waals surface area (Å²) < 4.78 is 0. The fourth-order valence-corrected chi connectivity index (χ4v) is 4.29. The Labute approximate surface area is 170 Å². The number of nitrogens with two attached hydrogens (primary N) is 1. The van der Waals surface area contributed by atoms with Gasteiger partial charge in [0.1, 0.15) is 0 Å². The van der Waals surface area contributed by atoms with E-state index in [1.165, 1.54) is 33.1 Å². The van der Waals surface area contributed by atoms with Gasteiger partial charge in [0.15, 0.2) is 0 Å². The number of hydrogen-bond acceptors (Lipinski definition) is 1. The van der Waals surface area contributed by atoms with Crippen molar-refractivity contribution in [1.29, 1.82) is 0 Å². The largest absolute Gasteiger partial charge is 0.399 e. The van der Waals surface area contributed by atoms with Gasteiger partial charge in [-0.1, -0.05) is 89.8 Å². The van der Waals surface area contributed by atoms with E-state index in [2.05, 4.69) is 95.0 Å². The van der Waals surface area contributed by atoms with Crippen LogP contribution < -0.4 is 5.73 Å². The summed E-state index contributed by atoms with van der Waals surface area (Å²) >= 11 is 0. The number of rotatable bonds is 4. The summed E-state index contributed by atoms with van der Waals surface area (Å²) in [7, 11) is 2.85. The Morgan fingerprint density at radius 3 is 1.86 bits per heavy atom. The summed E-state index contributed by atoms with van der Waals surface area (Å²) in [6.45, 7) is 2.34. The molecule has 0 bridgehead atoms. The molecule has 0 aliphatic heterocycles. The minimum atomic E-state index is -0.176. The zero-order valence-electron chi connectivity index (χ0n) is 16.2. The Hall–Kier alpha value is -2.63. The predicted octanol–water partition coefficient (Wildman–Crippen LogP) is 6.72. The maximum atomic E-state index is 5.96. The molecule has 0 heterocycles. The molecule has 4 rings (SSSR count). The second kappa shape index (κ2) is 7.78. The third kappa shape index (κ3) is 3.55. The maximum Gasteiger partial charge on any atom is 0.0386 e. The van der Waals surface area contributed by atoms with E-state index in [1.807, 2.05) is 12.1 Å². The van der Waals surface area contributed by atoms with Crippen LogP contribution in [0.15, 0.2) is 102 Å². The standard InChI is InChI=1S/C26H26NP/c1-26(22-11-15-24(27)16-12-22,23-13-17-25(28)18-14-23)21-9-7-20(8-10-21)19-5-3-2-4-6-19/h2-13,15-17H,14,18,27-28H2,1H3. The van der Waals surface area contributed by atoms with Crippen LogP contribution in [0.5, 0.6) is 0 Å². The van der Waals surface area contributed by atoms with Gasteiger partial charge in [-0.2, -0.15) is 0 Å². The lowest BCUT2D eigenvalue weighted by Crippen LogP contribution is -2.27. The highest BCUT2D eigenvalue weighted by Crippen LogP contribution is 2.43. The average molecular weight is 383 g/mol. The van der Waals surface area contributed by atoms with Gasteiger partial charge >= 0.3 is 0 Å². The molecule has 0 amide bonds. The molecule has 3 aromatic rings. The first-order valence-electron chi connectivity index (χ1n) is 9.75. The molecule has 2 heteroatoms. The van der Waals surface area contributed by atoms with Crippen LogP contribution in [0.2, 0.25) is 0 Å². The smallest absolute Gasteiger partial charge is 0.0386 e. The summed E-state index contributed by atoms with van der Waals surface area (Å²) in [6.07, 6.45) is 6.69. The highest BCUT2D eigenvalue weighted by atomic mass is 31.0. The van der Waals surface area contributed by atoms with Gasteiger partial charge in [-0.15, -0.1) is 9.24 Å². The molecule has 1 aliphatic carbocycles. The second-order valence-electron chi connectivity index (χ2n) is 7.62. The minimum absolute atomic E-state index is 0.176. The van der Waals surface area contributed by atoms with Crippen LogP contribution in [0.3, 0.4) is 0 Å². The fourth-order valence-electron chi connectivity index (χ4n) is 4.05. The van der Waals surface area contributed by atoms with Gasteiger partial charge in [-0.05, 0) is 54.2 Å². The van der Waals surface area contributed by atoms with Crippen molar-refractivity contribution in [1.82, 2.24) is 0 Å². The summed E-state index contributed by atoms with van der Waals surface area (Å²) in [6, 6.07) is 27.9. The molecule has 0 saturated heterocycles. The lowest BCUT2D eigenvalue weighted by Gasteiger charge is -2.35. The SMILES string of the molecule is CC(C1=CC=C(P)CC1)(c1ccc(N)cc1)c1ccc(-c2ccccc2)cc1. The molecule has 0 fully saturated rings. The molecule has 0 saturated carbocycles. The molecule has 2 unspecified atom stereocenters. The van der Waals surface area contributed by atoms with Crippen LogP contribution in [-0.4, -0.2) is 0 Å². The molecule has 1 aliphatic rings. The zero-order valence-corrected chi connectivity index (χ0v) is 17.4. The summed E-state index contributed by atoms with van der Waals surface area (Å²) in [5.74, 6) is 0. The topological polar surface area (TPSA) is 26.0 Å². The average Bonchev–Trinajstić information content (AvgIpc) is 2.75. The number of anilines is 1. The molecule has 28 heavy (non-hydrogen) atoms. The van der Waals surface area contributed by atoms with Gasteiger partial charge in [0.05, 0.1) is 0 Å². The third-order valence-electron chi connectivity index (χ3n) is 5.88. The number of nitrogen functional groups attached to an aromatic ring is 1. The Bertz CT molecular complexity index is 1010. The van der Waals surface area contributed by atoms with Gasteiger partial charge in [0.2, 0.25) is 0 Å². The summed E-state index contributed by atoms with van der Waals surface area (Å²) in [5, 5.41) is 1.36. The van der Waals surface area contributed by atoms with E-state index in [9.17, 15) is 0 Å². The first-order valence-corrected chi connectivity index (χ1v) is 10.3. The van der Waals surface area contributed by atoms with E-state index in [-0.39, 0.29) is 5.41 Å². The number of benzene rings is 3. The van der Waals surface area contributed by atoms with Crippen molar-refractivity contribution >= 4 is 14.9 Å². The van der Waals surface area contributed by atoms with Crippen LogP contribution in [0.25, 0.3) is 11.1 Å². The maximum absolute atomic E-state index is 5.96. The quantitative estimate of drug-likeness (QED) is 0.393. The highest BCUT2D eigenvalue weighted by molar-refractivity contribution is 7.22. The first-order chi connectivity index (χ1) is 13.6. The molecule has 140 valence electrons. The van der Waals surface area contributed by atoms with Crippen LogP contribution in [-0.2, 0) is 5.41 Å². The minimum Gasteiger partial charge on any atom is -0.399 e. The van der Waals surface area contributed by atoms with Crippen LogP contribution in [0.1, 0.15) is 30.9 Å². The molecule has 0 radical (unpaired) electrons. The normalized spacial score (nSPS) is 16.1. The van der Waals surface area contributed by atoms with Crippen LogP contribution in [0.4, 0.5) is 5.69 Å².